The molecule has 0 N–H and O–H groups in total. The molecule has 33 heavy (non-hydrogen) atoms. The van der Waals surface area contributed by atoms with Gasteiger partial charge in [0.25, 0.3) is 5.91 Å². The third kappa shape index (κ3) is 5.56. The highest BCUT2D eigenvalue weighted by Gasteiger charge is 2.28. The fourth-order valence-corrected chi connectivity index (χ4v) is 5.96. The van der Waals surface area contributed by atoms with E-state index in [9.17, 15) is 18.4 Å². The number of amides is 1. The van der Waals surface area contributed by atoms with Crippen LogP contribution >= 0.6 is 23.1 Å². The van der Waals surface area contributed by atoms with Crippen molar-refractivity contribution in [2.75, 3.05) is 19.4 Å². The van der Waals surface area contributed by atoms with Crippen molar-refractivity contribution in [3.8, 4) is 10.8 Å². The van der Waals surface area contributed by atoms with Crippen LogP contribution in [-0.2, 0) is 28.2 Å². The number of alkyl halides is 2. The summed E-state index contributed by atoms with van der Waals surface area (Å²) in [7, 11) is 1.59. The molecule has 2 aromatic heterocycles. The summed E-state index contributed by atoms with van der Waals surface area (Å²) in [6, 6.07) is 9.83. The minimum atomic E-state index is -2.89. The van der Waals surface area contributed by atoms with Crippen molar-refractivity contribution >= 4 is 35.0 Å². The molecule has 1 aliphatic heterocycles. The van der Waals surface area contributed by atoms with E-state index in [1.165, 1.54) is 21.9 Å². The maximum atomic E-state index is 13.0. The zero-order valence-corrected chi connectivity index (χ0v) is 19.5. The number of nitrogens with zero attached hydrogens (tertiary/aromatic N) is 2. The van der Waals surface area contributed by atoms with Gasteiger partial charge in [0.05, 0.1) is 5.56 Å². The zero-order valence-electron chi connectivity index (χ0n) is 17.8. The first-order valence-electron chi connectivity index (χ1n) is 10.2. The monoisotopic (exact) mass is 492 g/mol. The number of esters is 1. The number of likely N-dealkylation sites (N-methyl/N-ethyl adjacent to an activating group) is 1. The third-order valence-corrected chi connectivity index (χ3v) is 7.58. The second-order valence-corrected chi connectivity index (χ2v) is 9.61. The number of hydrogen-bond donors (Lipinski definition) is 0. The molecule has 1 amide bonds. The van der Waals surface area contributed by atoms with Crippen LogP contribution in [-0.4, -0.2) is 47.4 Å². The Kier molecular flexibility index (Phi) is 7.34. The third-order valence-electron chi connectivity index (χ3n) is 5.17. The second-order valence-electron chi connectivity index (χ2n) is 7.43. The summed E-state index contributed by atoms with van der Waals surface area (Å²) < 4.78 is 36.2. The molecule has 0 fully saturated rings. The average molecular weight is 493 g/mol. The molecule has 3 heterocycles. The standard InChI is InChI=1S/C23H22F2N2O4S2/c1-26(12-15-4-6-16(7-5-15)31-23(24)25)19(28)13-30-22(29)20-17-8-11-32-14-18(17)33-21(20)27-9-2-3-10-27/h2-7,9-10,23H,8,11-14H2,1H3. The first-order valence-corrected chi connectivity index (χ1v) is 12.2. The number of aromatic nitrogens is 1. The van der Waals surface area contributed by atoms with E-state index in [0.717, 1.165) is 34.1 Å². The number of hydrogen-bond acceptors (Lipinski definition) is 6. The fourth-order valence-electron chi connectivity index (χ4n) is 3.53. The highest BCUT2D eigenvalue weighted by molar-refractivity contribution is 7.98. The lowest BCUT2D eigenvalue weighted by atomic mass is 10.1. The van der Waals surface area contributed by atoms with Gasteiger partial charge in [0, 0.05) is 36.6 Å². The van der Waals surface area contributed by atoms with Gasteiger partial charge in [0.15, 0.2) is 6.61 Å². The van der Waals surface area contributed by atoms with Gasteiger partial charge in [-0.1, -0.05) is 12.1 Å². The largest absolute Gasteiger partial charge is 0.452 e. The molecular weight excluding hydrogens is 470 g/mol. The molecule has 174 valence electrons. The highest BCUT2D eigenvalue weighted by Crippen LogP contribution is 2.38. The molecule has 0 spiro atoms. The highest BCUT2D eigenvalue weighted by atomic mass is 32.2. The van der Waals surface area contributed by atoms with Crippen LogP contribution in [0, 0.1) is 0 Å². The predicted octanol–water partition coefficient (Wildman–Crippen LogP) is 4.74. The fraction of sp³-hybridized carbons (Fsp3) is 0.304. The summed E-state index contributed by atoms with van der Waals surface area (Å²) >= 11 is 3.42. The van der Waals surface area contributed by atoms with Crippen LogP contribution < -0.4 is 4.74 Å². The number of thioether (sulfide) groups is 1. The molecule has 0 atom stereocenters. The van der Waals surface area contributed by atoms with Crippen molar-refractivity contribution < 1.29 is 27.8 Å². The lowest BCUT2D eigenvalue weighted by Gasteiger charge is -2.18. The van der Waals surface area contributed by atoms with Crippen molar-refractivity contribution in [3.63, 3.8) is 0 Å². The number of halogens is 2. The number of benzene rings is 1. The van der Waals surface area contributed by atoms with Gasteiger partial charge in [-0.15, -0.1) is 11.3 Å². The van der Waals surface area contributed by atoms with Crippen LogP contribution in [0.5, 0.6) is 5.75 Å². The van der Waals surface area contributed by atoms with E-state index in [2.05, 4.69) is 4.74 Å². The van der Waals surface area contributed by atoms with Gasteiger partial charge in [-0.3, -0.25) is 4.79 Å². The Morgan fingerprint density at radius 1 is 1.18 bits per heavy atom. The molecule has 0 saturated carbocycles. The van der Waals surface area contributed by atoms with Crippen molar-refractivity contribution in [2.24, 2.45) is 0 Å². The normalized spacial score (nSPS) is 13.0. The van der Waals surface area contributed by atoms with Gasteiger partial charge in [0.2, 0.25) is 0 Å². The maximum absolute atomic E-state index is 13.0. The summed E-state index contributed by atoms with van der Waals surface area (Å²) in [6.45, 7) is -3.03. The van der Waals surface area contributed by atoms with Gasteiger partial charge < -0.3 is 18.9 Å². The van der Waals surface area contributed by atoms with Crippen LogP contribution in [0.2, 0.25) is 0 Å². The molecule has 1 aliphatic rings. The number of fused-ring (bicyclic) bond motifs is 1. The van der Waals surface area contributed by atoms with Crippen molar-refractivity contribution in [2.45, 2.75) is 25.3 Å². The van der Waals surface area contributed by atoms with Crippen LogP contribution in [0.3, 0.4) is 0 Å². The number of carbonyl (C=O) groups excluding carboxylic acids is 2. The minimum Gasteiger partial charge on any atom is -0.452 e. The first-order chi connectivity index (χ1) is 15.9. The van der Waals surface area contributed by atoms with Crippen molar-refractivity contribution in [1.82, 2.24) is 9.47 Å². The molecule has 4 rings (SSSR count). The van der Waals surface area contributed by atoms with Crippen LogP contribution in [0.25, 0.3) is 5.00 Å². The van der Waals surface area contributed by atoms with E-state index >= 15 is 0 Å². The molecule has 6 nitrogen and oxygen atoms in total. The van der Waals surface area contributed by atoms with E-state index in [1.807, 2.05) is 40.9 Å². The van der Waals surface area contributed by atoms with E-state index in [1.54, 1.807) is 30.5 Å². The average Bonchev–Trinajstić information content (AvgIpc) is 3.46. The predicted molar refractivity (Wildman–Crippen MR) is 123 cm³/mol. The number of rotatable bonds is 8. The van der Waals surface area contributed by atoms with Crippen LogP contribution in [0.1, 0.15) is 26.4 Å². The molecule has 3 aromatic rings. The Labute approximate surface area is 198 Å². The number of thiophene rings is 1. The molecule has 10 heteroatoms. The molecule has 0 aliphatic carbocycles. The summed E-state index contributed by atoms with van der Waals surface area (Å²) in [4.78, 5) is 28.2. The SMILES string of the molecule is CN(Cc1ccc(OC(F)F)cc1)C(=O)COC(=O)c1c(-n2cccc2)sc2c1CCSC2. The lowest BCUT2D eigenvalue weighted by Crippen LogP contribution is -2.31. The van der Waals surface area contributed by atoms with E-state index < -0.39 is 12.6 Å². The van der Waals surface area contributed by atoms with E-state index in [-0.39, 0.29) is 24.8 Å². The summed E-state index contributed by atoms with van der Waals surface area (Å²) in [5.74, 6) is 0.992. The molecule has 1 aromatic carbocycles. The Morgan fingerprint density at radius 3 is 2.61 bits per heavy atom. The topological polar surface area (TPSA) is 60.8 Å². The van der Waals surface area contributed by atoms with Gasteiger partial charge in [0.1, 0.15) is 10.8 Å². The quantitative estimate of drug-likeness (QED) is 0.425. The van der Waals surface area contributed by atoms with Gasteiger partial charge in [-0.25, -0.2) is 4.79 Å². The Hall–Kier alpha value is -2.85. The lowest BCUT2D eigenvalue weighted by molar-refractivity contribution is -0.133. The second kappa shape index (κ2) is 10.4. The van der Waals surface area contributed by atoms with Gasteiger partial charge >= 0.3 is 12.6 Å². The minimum absolute atomic E-state index is 0.0488. The smallest absolute Gasteiger partial charge is 0.387 e. The van der Waals surface area contributed by atoms with Gasteiger partial charge in [-0.2, -0.15) is 20.5 Å². The summed E-state index contributed by atoms with van der Waals surface area (Å²) in [6.07, 6.45) is 4.57. The van der Waals surface area contributed by atoms with Crippen molar-refractivity contribution in [3.05, 3.63) is 70.4 Å². The van der Waals surface area contributed by atoms with E-state index in [4.69, 9.17) is 4.74 Å². The first kappa shape index (κ1) is 23.3. The molecule has 0 saturated heterocycles. The summed E-state index contributed by atoms with van der Waals surface area (Å²) in [5.41, 5.74) is 2.29. The molecule has 0 unspecified atom stereocenters. The van der Waals surface area contributed by atoms with Crippen molar-refractivity contribution in [1.29, 1.82) is 0 Å². The number of carbonyl (C=O) groups is 2. The van der Waals surface area contributed by atoms with E-state index in [0.29, 0.717) is 5.56 Å². The summed E-state index contributed by atoms with van der Waals surface area (Å²) in [5, 5.41) is 0.810. The van der Waals surface area contributed by atoms with Crippen LogP contribution in [0.4, 0.5) is 8.78 Å². The Morgan fingerprint density at radius 2 is 1.91 bits per heavy atom. The molecular formula is C23H22F2N2O4S2. The van der Waals surface area contributed by atoms with Gasteiger partial charge in [-0.05, 0) is 47.6 Å². The van der Waals surface area contributed by atoms with Crippen LogP contribution in [0.15, 0.2) is 48.8 Å². The zero-order chi connectivity index (χ0) is 23.4. The maximum Gasteiger partial charge on any atom is 0.387 e. The molecule has 0 bridgehead atoms. The molecule has 0 radical (unpaired) electrons. The number of ether oxygens (including phenoxy) is 2. The Bertz CT molecular complexity index is 1110. The Balaban J connectivity index is 1.39.